The molecule has 0 unspecified atom stereocenters. The molecule has 0 aliphatic heterocycles. The first-order chi connectivity index (χ1) is 11.6. The second-order valence-electron chi connectivity index (χ2n) is 5.61. The summed E-state index contributed by atoms with van der Waals surface area (Å²) in [6.07, 6.45) is 7.25. The lowest BCUT2D eigenvalue weighted by molar-refractivity contribution is 0.251. The van der Waals surface area contributed by atoms with Crippen molar-refractivity contribution in [2.24, 2.45) is 7.05 Å². The van der Waals surface area contributed by atoms with Crippen LogP contribution in [0.2, 0.25) is 0 Å². The van der Waals surface area contributed by atoms with Crippen LogP contribution in [0.4, 0.5) is 10.5 Å². The van der Waals surface area contributed by atoms with Crippen LogP contribution in [0, 0.1) is 6.92 Å². The number of hydrogen-bond acceptors (Lipinski definition) is 3. The molecule has 2 N–H and O–H groups in total. The van der Waals surface area contributed by atoms with Crippen molar-refractivity contribution in [2.75, 3.05) is 5.32 Å². The van der Waals surface area contributed by atoms with Crippen molar-refractivity contribution in [3.63, 3.8) is 0 Å². The average molecular weight is 321 g/mol. The maximum Gasteiger partial charge on any atom is 0.319 e. The van der Waals surface area contributed by atoms with Crippen molar-refractivity contribution in [2.45, 2.75) is 13.5 Å². The lowest BCUT2D eigenvalue weighted by atomic mass is 10.1. The normalized spacial score (nSPS) is 10.4. The van der Waals surface area contributed by atoms with E-state index >= 15 is 0 Å². The SMILES string of the molecule is Cc1ccccc1NC(=O)NCc1cncc(-c2cnn(C)c2)c1. The minimum Gasteiger partial charge on any atom is -0.334 e. The number of rotatable bonds is 4. The Bertz CT molecular complexity index is 856. The topological polar surface area (TPSA) is 71.8 Å². The van der Waals surface area contributed by atoms with Gasteiger partial charge in [0.2, 0.25) is 0 Å². The Morgan fingerprint density at radius 1 is 1.17 bits per heavy atom. The third-order valence-corrected chi connectivity index (χ3v) is 3.68. The van der Waals surface area contributed by atoms with Crippen molar-refractivity contribution in [1.82, 2.24) is 20.1 Å². The number of benzene rings is 1. The Morgan fingerprint density at radius 3 is 2.75 bits per heavy atom. The quantitative estimate of drug-likeness (QED) is 0.775. The minimum atomic E-state index is -0.240. The first-order valence-electron chi connectivity index (χ1n) is 7.65. The number of hydrogen-bond donors (Lipinski definition) is 2. The van der Waals surface area contributed by atoms with E-state index in [2.05, 4.69) is 20.7 Å². The maximum absolute atomic E-state index is 12.0. The van der Waals surface area contributed by atoms with Gasteiger partial charge in [0.15, 0.2) is 0 Å². The van der Waals surface area contributed by atoms with Crippen molar-refractivity contribution < 1.29 is 4.79 Å². The standard InChI is InChI=1S/C18H19N5O/c1-13-5-3-4-6-17(13)22-18(24)20-9-14-7-15(10-19-8-14)16-11-21-23(2)12-16/h3-8,10-12H,9H2,1-2H3,(H2,20,22,24). The van der Waals surface area contributed by atoms with Crippen LogP contribution in [-0.4, -0.2) is 20.8 Å². The molecule has 0 saturated heterocycles. The van der Waals surface area contributed by atoms with Crippen LogP contribution in [0.3, 0.4) is 0 Å². The summed E-state index contributed by atoms with van der Waals surface area (Å²) in [5.41, 5.74) is 4.72. The molecule has 2 aromatic heterocycles. The lowest BCUT2D eigenvalue weighted by Crippen LogP contribution is -2.28. The summed E-state index contributed by atoms with van der Waals surface area (Å²) in [5.74, 6) is 0. The van der Waals surface area contributed by atoms with Crippen molar-refractivity contribution in [1.29, 1.82) is 0 Å². The number of aromatic nitrogens is 3. The maximum atomic E-state index is 12.0. The van der Waals surface area contributed by atoms with Gasteiger partial charge in [0.1, 0.15) is 0 Å². The zero-order valence-corrected chi connectivity index (χ0v) is 13.7. The molecule has 3 rings (SSSR count). The fourth-order valence-electron chi connectivity index (χ4n) is 2.37. The van der Waals surface area contributed by atoms with E-state index < -0.39 is 0 Å². The van der Waals surface area contributed by atoms with Crippen LogP contribution in [0.15, 0.2) is 55.1 Å². The average Bonchev–Trinajstić information content (AvgIpc) is 3.02. The van der Waals surface area contributed by atoms with Crippen molar-refractivity contribution in [3.05, 3.63) is 66.2 Å². The molecule has 0 saturated carbocycles. The summed E-state index contributed by atoms with van der Waals surface area (Å²) in [7, 11) is 1.87. The van der Waals surface area contributed by atoms with E-state index in [4.69, 9.17) is 0 Å². The lowest BCUT2D eigenvalue weighted by Gasteiger charge is -2.10. The smallest absolute Gasteiger partial charge is 0.319 e. The zero-order valence-electron chi connectivity index (χ0n) is 13.7. The van der Waals surface area contributed by atoms with Crippen LogP contribution >= 0.6 is 0 Å². The molecule has 0 bridgehead atoms. The van der Waals surface area contributed by atoms with E-state index in [1.165, 1.54) is 0 Å². The van der Waals surface area contributed by atoms with E-state index in [1.54, 1.807) is 23.3 Å². The summed E-state index contributed by atoms with van der Waals surface area (Å²) in [4.78, 5) is 16.3. The van der Waals surface area contributed by atoms with Gasteiger partial charge in [-0.25, -0.2) is 4.79 Å². The number of amides is 2. The number of aryl methyl sites for hydroxylation is 2. The molecule has 2 amide bonds. The Morgan fingerprint density at radius 2 is 2.00 bits per heavy atom. The van der Waals surface area contributed by atoms with Crippen LogP contribution < -0.4 is 10.6 Å². The predicted octanol–water partition coefficient (Wildman–Crippen LogP) is 3.11. The molecule has 0 aliphatic carbocycles. The summed E-state index contributed by atoms with van der Waals surface area (Å²) < 4.78 is 1.75. The molecule has 2 heterocycles. The van der Waals surface area contributed by atoms with Gasteiger partial charge in [0, 0.05) is 49.0 Å². The first kappa shape index (κ1) is 15.7. The first-order valence-corrected chi connectivity index (χ1v) is 7.65. The second kappa shape index (κ2) is 6.95. The van der Waals surface area contributed by atoms with Crippen LogP contribution in [0.1, 0.15) is 11.1 Å². The largest absolute Gasteiger partial charge is 0.334 e. The van der Waals surface area contributed by atoms with E-state index in [1.807, 2.05) is 50.5 Å². The highest BCUT2D eigenvalue weighted by Gasteiger charge is 2.06. The number of anilines is 1. The number of urea groups is 1. The van der Waals surface area contributed by atoms with E-state index in [-0.39, 0.29) is 6.03 Å². The van der Waals surface area contributed by atoms with Gasteiger partial charge in [0.05, 0.1) is 6.20 Å². The number of pyridine rings is 1. The fourth-order valence-corrected chi connectivity index (χ4v) is 2.37. The highest BCUT2D eigenvalue weighted by Crippen LogP contribution is 2.18. The molecule has 0 spiro atoms. The Labute approximate surface area is 140 Å². The van der Waals surface area contributed by atoms with Gasteiger partial charge in [-0.05, 0) is 30.2 Å². The van der Waals surface area contributed by atoms with Crippen molar-refractivity contribution >= 4 is 11.7 Å². The number of nitrogens with zero attached hydrogens (tertiary/aromatic N) is 3. The van der Waals surface area contributed by atoms with Crippen LogP contribution in [0.25, 0.3) is 11.1 Å². The molecule has 3 aromatic rings. The molecular weight excluding hydrogens is 302 g/mol. The highest BCUT2D eigenvalue weighted by atomic mass is 16.2. The molecule has 0 radical (unpaired) electrons. The number of nitrogens with one attached hydrogen (secondary N) is 2. The molecule has 0 atom stereocenters. The molecule has 6 heteroatoms. The van der Waals surface area contributed by atoms with Crippen LogP contribution in [-0.2, 0) is 13.6 Å². The summed E-state index contributed by atoms with van der Waals surface area (Å²) in [6.45, 7) is 2.36. The Balaban J connectivity index is 1.62. The third-order valence-electron chi connectivity index (χ3n) is 3.68. The van der Waals surface area contributed by atoms with Crippen LogP contribution in [0.5, 0.6) is 0 Å². The zero-order chi connectivity index (χ0) is 16.9. The molecule has 1 aromatic carbocycles. The van der Waals surface area contributed by atoms with E-state index in [0.717, 1.165) is 27.9 Å². The molecule has 122 valence electrons. The number of carbonyl (C=O) groups excluding carboxylic acids is 1. The third kappa shape index (κ3) is 3.78. The van der Waals surface area contributed by atoms with E-state index in [9.17, 15) is 4.79 Å². The van der Waals surface area contributed by atoms with Crippen molar-refractivity contribution in [3.8, 4) is 11.1 Å². The van der Waals surface area contributed by atoms with Gasteiger partial charge in [-0.2, -0.15) is 5.10 Å². The van der Waals surface area contributed by atoms with Gasteiger partial charge in [-0.3, -0.25) is 9.67 Å². The Hall–Kier alpha value is -3.15. The number of carbonyl (C=O) groups is 1. The molecule has 0 aliphatic rings. The van der Waals surface area contributed by atoms with Gasteiger partial charge in [-0.1, -0.05) is 18.2 Å². The number of para-hydroxylation sites is 1. The molecule has 6 nitrogen and oxygen atoms in total. The van der Waals surface area contributed by atoms with E-state index in [0.29, 0.717) is 6.54 Å². The minimum absolute atomic E-state index is 0.240. The fraction of sp³-hybridized carbons (Fsp3) is 0.167. The molecular formula is C18H19N5O. The van der Waals surface area contributed by atoms with Gasteiger partial charge >= 0.3 is 6.03 Å². The monoisotopic (exact) mass is 321 g/mol. The summed E-state index contributed by atoms with van der Waals surface area (Å²) >= 11 is 0. The summed E-state index contributed by atoms with van der Waals surface area (Å²) in [6, 6.07) is 9.42. The van der Waals surface area contributed by atoms with Gasteiger partial charge in [0.25, 0.3) is 0 Å². The van der Waals surface area contributed by atoms with Gasteiger partial charge in [-0.15, -0.1) is 0 Å². The molecule has 24 heavy (non-hydrogen) atoms. The Kier molecular flexibility index (Phi) is 4.56. The molecule has 0 fully saturated rings. The second-order valence-corrected chi connectivity index (χ2v) is 5.61. The predicted molar refractivity (Wildman–Crippen MR) is 93.5 cm³/mol. The van der Waals surface area contributed by atoms with Gasteiger partial charge < -0.3 is 10.6 Å². The summed E-state index contributed by atoms with van der Waals surface area (Å²) in [5, 5.41) is 9.86. The highest BCUT2D eigenvalue weighted by molar-refractivity contribution is 5.90.